The summed E-state index contributed by atoms with van der Waals surface area (Å²) in [6, 6.07) is 0. The van der Waals surface area contributed by atoms with Gasteiger partial charge in [-0.1, -0.05) is 5.92 Å². The summed E-state index contributed by atoms with van der Waals surface area (Å²) < 4.78 is 4.36. The van der Waals surface area contributed by atoms with Crippen LogP contribution in [0.2, 0.25) is 0 Å². The van der Waals surface area contributed by atoms with Crippen molar-refractivity contribution in [3.8, 4) is 11.8 Å². The summed E-state index contributed by atoms with van der Waals surface area (Å²) in [5.41, 5.74) is 0. The molecule has 1 saturated carbocycles. The van der Waals surface area contributed by atoms with Crippen LogP contribution < -0.4 is 0 Å². The average Bonchev–Trinajstić information content (AvgIpc) is 2.58. The molecule has 1 atom stereocenters. The molecule has 0 saturated heterocycles. The molecule has 14 heavy (non-hydrogen) atoms. The zero-order valence-corrected chi connectivity index (χ0v) is 8.34. The van der Waals surface area contributed by atoms with Gasteiger partial charge in [-0.3, -0.25) is 4.79 Å². The molecular formula is C11H14O3. The normalized spacial score (nSPS) is 20.1. The number of esters is 1. The van der Waals surface area contributed by atoms with Crippen LogP contribution in [0, 0.1) is 17.8 Å². The standard InChI is InChI=1S/C11H14O3/c1-14-11(13)8-3-2-5-9-6-4-7-10(9)12/h9H,2,4-7H2,1H3. The molecule has 0 N–H and O–H groups in total. The lowest BCUT2D eigenvalue weighted by Crippen LogP contribution is -2.05. The van der Waals surface area contributed by atoms with Crippen LogP contribution >= 0.6 is 0 Å². The minimum atomic E-state index is -0.511. The minimum Gasteiger partial charge on any atom is -0.459 e. The van der Waals surface area contributed by atoms with Gasteiger partial charge >= 0.3 is 5.97 Å². The third-order valence-corrected chi connectivity index (χ3v) is 2.42. The molecule has 0 radical (unpaired) electrons. The number of carbonyl (C=O) groups is 2. The quantitative estimate of drug-likeness (QED) is 0.378. The lowest BCUT2D eigenvalue weighted by molar-refractivity contribution is -0.133. The van der Waals surface area contributed by atoms with Gasteiger partial charge in [0.1, 0.15) is 5.78 Å². The predicted molar refractivity (Wildman–Crippen MR) is 51.4 cm³/mol. The van der Waals surface area contributed by atoms with Crippen LogP contribution in [0.4, 0.5) is 0 Å². The molecule has 0 aliphatic heterocycles. The van der Waals surface area contributed by atoms with E-state index in [0.717, 1.165) is 25.7 Å². The van der Waals surface area contributed by atoms with Gasteiger partial charge in [-0.05, 0) is 19.3 Å². The summed E-state index contributed by atoms with van der Waals surface area (Å²) in [5.74, 6) is 5.08. The van der Waals surface area contributed by atoms with Crippen molar-refractivity contribution in [1.82, 2.24) is 0 Å². The fourth-order valence-electron chi connectivity index (χ4n) is 1.63. The molecule has 76 valence electrons. The van der Waals surface area contributed by atoms with E-state index >= 15 is 0 Å². The van der Waals surface area contributed by atoms with E-state index in [0.29, 0.717) is 12.2 Å². The van der Waals surface area contributed by atoms with E-state index in [1.165, 1.54) is 7.11 Å². The highest BCUT2D eigenvalue weighted by molar-refractivity contribution is 5.88. The monoisotopic (exact) mass is 194 g/mol. The first-order chi connectivity index (χ1) is 6.74. The van der Waals surface area contributed by atoms with E-state index in [1.54, 1.807) is 0 Å². The van der Waals surface area contributed by atoms with Gasteiger partial charge < -0.3 is 4.74 Å². The van der Waals surface area contributed by atoms with Gasteiger partial charge in [0.2, 0.25) is 0 Å². The molecule has 0 heterocycles. The summed E-state index contributed by atoms with van der Waals surface area (Å²) in [7, 11) is 1.30. The third-order valence-electron chi connectivity index (χ3n) is 2.42. The molecule has 0 aromatic rings. The predicted octanol–water partition coefficient (Wildman–Crippen LogP) is 1.31. The maximum Gasteiger partial charge on any atom is 0.384 e. The number of rotatable bonds is 2. The first-order valence-electron chi connectivity index (χ1n) is 4.83. The van der Waals surface area contributed by atoms with Crippen molar-refractivity contribution < 1.29 is 14.3 Å². The molecule has 0 amide bonds. The van der Waals surface area contributed by atoms with Crippen molar-refractivity contribution in [2.45, 2.75) is 32.1 Å². The topological polar surface area (TPSA) is 43.4 Å². The van der Waals surface area contributed by atoms with Crippen LogP contribution in [-0.4, -0.2) is 18.9 Å². The Bertz CT molecular complexity index is 283. The third kappa shape index (κ3) is 3.21. The van der Waals surface area contributed by atoms with Gasteiger partial charge in [-0.25, -0.2) is 4.79 Å². The zero-order chi connectivity index (χ0) is 10.4. The second-order valence-electron chi connectivity index (χ2n) is 3.39. The molecule has 1 unspecified atom stereocenters. The highest BCUT2D eigenvalue weighted by atomic mass is 16.5. The van der Waals surface area contributed by atoms with Crippen LogP contribution in [0.1, 0.15) is 32.1 Å². The number of Topliss-reactive ketones (excluding diaryl/α,β-unsaturated/α-hetero) is 1. The Morgan fingerprint density at radius 2 is 2.43 bits per heavy atom. The Labute approximate surface area is 83.8 Å². The minimum absolute atomic E-state index is 0.182. The van der Waals surface area contributed by atoms with Crippen molar-refractivity contribution in [3.63, 3.8) is 0 Å². The molecule has 3 nitrogen and oxygen atoms in total. The van der Waals surface area contributed by atoms with Crippen molar-refractivity contribution >= 4 is 11.8 Å². The number of hydrogen-bond acceptors (Lipinski definition) is 3. The first kappa shape index (κ1) is 10.8. The highest BCUT2D eigenvalue weighted by Gasteiger charge is 2.23. The van der Waals surface area contributed by atoms with E-state index < -0.39 is 5.97 Å². The van der Waals surface area contributed by atoms with Crippen molar-refractivity contribution in [2.75, 3.05) is 7.11 Å². The number of carbonyl (C=O) groups excluding carboxylic acids is 2. The molecule has 0 aromatic carbocycles. The second kappa shape index (κ2) is 5.43. The Morgan fingerprint density at radius 1 is 1.64 bits per heavy atom. The van der Waals surface area contributed by atoms with E-state index in [9.17, 15) is 9.59 Å². The van der Waals surface area contributed by atoms with Gasteiger partial charge in [0.15, 0.2) is 0 Å². The van der Waals surface area contributed by atoms with Crippen molar-refractivity contribution in [2.24, 2.45) is 5.92 Å². The summed E-state index contributed by atoms with van der Waals surface area (Å²) in [4.78, 5) is 21.8. The number of methoxy groups -OCH3 is 1. The Balaban J connectivity index is 2.23. The smallest absolute Gasteiger partial charge is 0.384 e. The molecule has 0 bridgehead atoms. The van der Waals surface area contributed by atoms with Crippen LogP contribution in [0.15, 0.2) is 0 Å². The molecule has 1 aliphatic rings. The second-order valence-corrected chi connectivity index (χ2v) is 3.39. The first-order valence-corrected chi connectivity index (χ1v) is 4.83. The van der Waals surface area contributed by atoms with Crippen LogP contribution in [0.25, 0.3) is 0 Å². The summed E-state index contributed by atoms with van der Waals surface area (Å²) >= 11 is 0. The van der Waals surface area contributed by atoms with Crippen LogP contribution in [-0.2, 0) is 14.3 Å². The van der Waals surface area contributed by atoms with Crippen molar-refractivity contribution in [1.29, 1.82) is 0 Å². The fraction of sp³-hybridized carbons (Fsp3) is 0.636. The average molecular weight is 194 g/mol. The lowest BCUT2D eigenvalue weighted by atomic mass is 10.0. The van der Waals surface area contributed by atoms with E-state index in [-0.39, 0.29) is 5.92 Å². The van der Waals surface area contributed by atoms with E-state index in [2.05, 4.69) is 16.6 Å². The van der Waals surface area contributed by atoms with Crippen LogP contribution in [0.3, 0.4) is 0 Å². The Morgan fingerprint density at radius 3 is 3.00 bits per heavy atom. The summed E-state index contributed by atoms with van der Waals surface area (Å²) in [6.07, 6.45) is 4.09. The lowest BCUT2D eigenvalue weighted by Gasteiger charge is -2.02. The molecule has 0 spiro atoms. The number of ketones is 1. The Kier molecular flexibility index (Phi) is 4.18. The largest absolute Gasteiger partial charge is 0.459 e. The summed E-state index contributed by atoms with van der Waals surface area (Å²) in [5, 5.41) is 0. The number of hydrogen-bond donors (Lipinski definition) is 0. The van der Waals surface area contributed by atoms with Gasteiger partial charge in [0.05, 0.1) is 7.11 Å². The molecule has 0 aromatic heterocycles. The molecule has 1 rings (SSSR count). The highest BCUT2D eigenvalue weighted by Crippen LogP contribution is 2.24. The Hall–Kier alpha value is -1.30. The maximum atomic E-state index is 11.2. The van der Waals surface area contributed by atoms with Gasteiger partial charge in [0.25, 0.3) is 0 Å². The molecule has 1 fully saturated rings. The molecule has 1 aliphatic carbocycles. The zero-order valence-electron chi connectivity index (χ0n) is 8.34. The van der Waals surface area contributed by atoms with E-state index in [1.807, 2.05) is 0 Å². The van der Waals surface area contributed by atoms with Crippen molar-refractivity contribution in [3.05, 3.63) is 0 Å². The summed E-state index contributed by atoms with van der Waals surface area (Å²) in [6.45, 7) is 0. The van der Waals surface area contributed by atoms with Gasteiger partial charge in [-0.15, -0.1) is 0 Å². The molecule has 3 heteroatoms. The SMILES string of the molecule is COC(=O)C#CCCC1CCCC1=O. The fourth-order valence-corrected chi connectivity index (χ4v) is 1.63. The maximum absolute atomic E-state index is 11.2. The molecular weight excluding hydrogens is 180 g/mol. The van der Waals surface area contributed by atoms with Crippen LogP contribution in [0.5, 0.6) is 0 Å². The van der Waals surface area contributed by atoms with E-state index in [4.69, 9.17) is 0 Å². The van der Waals surface area contributed by atoms with Gasteiger partial charge in [-0.2, -0.15) is 0 Å². The number of ether oxygens (including phenoxy) is 1. The van der Waals surface area contributed by atoms with Gasteiger partial charge in [0, 0.05) is 24.7 Å².